The first-order valence-corrected chi connectivity index (χ1v) is 8.81. The quantitative estimate of drug-likeness (QED) is 0.417. The standard InChI is InChI=1S/C22H14ClF2NO2/c1-28-22(27)13-5-7-15(16(23)10-13)12-6-8-19-14(9-12)11-20(26-19)21-17(24)3-2-4-18(21)25/h2-11,26H,1H3. The Morgan fingerprint density at radius 1 is 1.00 bits per heavy atom. The SMILES string of the molecule is COC(=O)c1ccc(-c2ccc3[nH]c(-c4c(F)cccc4F)cc3c2)c(Cl)c1. The van der Waals surface area contributed by atoms with Gasteiger partial charge in [-0.05, 0) is 48.0 Å². The van der Waals surface area contributed by atoms with Crippen LogP contribution < -0.4 is 0 Å². The van der Waals surface area contributed by atoms with E-state index >= 15 is 0 Å². The van der Waals surface area contributed by atoms with Crippen LogP contribution in [0.4, 0.5) is 8.78 Å². The number of nitrogens with one attached hydrogen (secondary N) is 1. The zero-order valence-corrected chi connectivity index (χ0v) is 15.5. The largest absolute Gasteiger partial charge is 0.465 e. The molecule has 4 rings (SSSR count). The third-order valence-electron chi connectivity index (χ3n) is 4.55. The highest BCUT2D eigenvalue weighted by Crippen LogP contribution is 2.34. The zero-order valence-electron chi connectivity index (χ0n) is 14.7. The lowest BCUT2D eigenvalue weighted by molar-refractivity contribution is 0.0600. The number of carbonyl (C=O) groups is 1. The lowest BCUT2D eigenvalue weighted by Gasteiger charge is -2.07. The number of fused-ring (bicyclic) bond motifs is 1. The zero-order chi connectivity index (χ0) is 19.8. The summed E-state index contributed by atoms with van der Waals surface area (Å²) < 4.78 is 32.9. The molecule has 0 aliphatic carbocycles. The monoisotopic (exact) mass is 397 g/mol. The van der Waals surface area contributed by atoms with Gasteiger partial charge in [0.1, 0.15) is 11.6 Å². The Morgan fingerprint density at radius 2 is 1.75 bits per heavy atom. The molecular formula is C22H14ClF2NO2. The number of aromatic nitrogens is 1. The summed E-state index contributed by atoms with van der Waals surface area (Å²) in [5, 5.41) is 1.18. The molecule has 0 fully saturated rings. The maximum Gasteiger partial charge on any atom is 0.337 e. The van der Waals surface area contributed by atoms with Crippen molar-refractivity contribution >= 4 is 28.5 Å². The summed E-state index contributed by atoms with van der Waals surface area (Å²) >= 11 is 6.34. The Labute approximate surface area is 164 Å². The Morgan fingerprint density at radius 3 is 2.43 bits per heavy atom. The van der Waals surface area contributed by atoms with Crippen LogP contribution in [0.2, 0.25) is 5.02 Å². The Kier molecular flexibility index (Phi) is 4.61. The van der Waals surface area contributed by atoms with E-state index in [2.05, 4.69) is 4.98 Å². The van der Waals surface area contributed by atoms with Gasteiger partial charge in [-0.25, -0.2) is 13.6 Å². The molecule has 0 radical (unpaired) electrons. The van der Waals surface area contributed by atoms with E-state index in [1.807, 2.05) is 18.2 Å². The van der Waals surface area contributed by atoms with E-state index < -0.39 is 17.6 Å². The van der Waals surface area contributed by atoms with Crippen LogP contribution in [0.15, 0.2) is 60.7 Å². The predicted octanol–water partition coefficient (Wildman–Crippen LogP) is 6.22. The highest BCUT2D eigenvalue weighted by molar-refractivity contribution is 6.33. The van der Waals surface area contributed by atoms with Gasteiger partial charge in [0.15, 0.2) is 0 Å². The van der Waals surface area contributed by atoms with Gasteiger partial charge in [0.2, 0.25) is 0 Å². The molecule has 0 aliphatic heterocycles. The summed E-state index contributed by atoms with van der Waals surface area (Å²) in [5.41, 5.74) is 2.90. The molecule has 0 saturated carbocycles. The van der Waals surface area contributed by atoms with E-state index in [1.54, 1.807) is 24.3 Å². The van der Waals surface area contributed by atoms with Gasteiger partial charge in [0.05, 0.1) is 23.9 Å². The maximum atomic E-state index is 14.1. The molecule has 0 amide bonds. The van der Waals surface area contributed by atoms with Gasteiger partial charge in [0.25, 0.3) is 0 Å². The van der Waals surface area contributed by atoms with Crippen LogP contribution in [0.25, 0.3) is 33.3 Å². The number of hydrogen-bond donors (Lipinski definition) is 1. The van der Waals surface area contributed by atoms with Crippen LogP contribution in [0.5, 0.6) is 0 Å². The number of carbonyl (C=O) groups excluding carboxylic acids is 1. The lowest BCUT2D eigenvalue weighted by atomic mass is 10.0. The Bertz CT molecular complexity index is 1200. The van der Waals surface area contributed by atoms with E-state index in [4.69, 9.17) is 16.3 Å². The molecule has 0 saturated heterocycles. The minimum Gasteiger partial charge on any atom is -0.465 e. The van der Waals surface area contributed by atoms with Gasteiger partial charge in [-0.15, -0.1) is 0 Å². The van der Waals surface area contributed by atoms with Gasteiger partial charge in [-0.2, -0.15) is 0 Å². The number of aromatic amines is 1. The number of H-pyrrole nitrogens is 1. The van der Waals surface area contributed by atoms with Crippen molar-refractivity contribution in [3.63, 3.8) is 0 Å². The van der Waals surface area contributed by atoms with Crippen molar-refractivity contribution < 1.29 is 18.3 Å². The van der Waals surface area contributed by atoms with Crippen LogP contribution >= 0.6 is 11.6 Å². The fourth-order valence-electron chi connectivity index (χ4n) is 3.18. The summed E-state index contributed by atoms with van der Waals surface area (Å²) in [6, 6.07) is 15.9. The fourth-order valence-corrected chi connectivity index (χ4v) is 3.47. The van der Waals surface area contributed by atoms with Crippen molar-refractivity contribution in [3.05, 3.63) is 82.9 Å². The van der Waals surface area contributed by atoms with Gasteiger partial charge in [-0.1, -0.05) is 29.8 Å². The van der Waals surface area contributed by atoms with Crippen molar-refractivity contribution in [2.24, 2.45) is 0 Å². The first-order chi connectivity index (χ1) is 13.5. The molecule has 6 heteroatoms. The molecule has 0 atom stereocenters. The van der Waals surface area contributed by atoms with Crippen molar-refractivity contribution in [1.82, 2.24) is 4.98 Å². The topological polar surface area (TPSA) is 42.1 Å². The Balaban J connectivity index is 1.78. The third kappa shape index (κ3) is 3.14. The predicted molar refractivity (Wildman–Crippen MR) is 105 cm³/mol. The molecule has 0 spiro atoms. The molecule has 0 bridgehead atoms. The number of benzene rings is 3. The number of halogens is 3. The lowest BCUT2D eigenvalue weighted by Crippen LogP contribution is -2.00. The van der Waals surface area contributed by atoms with E-state index in [9.17, 15) is 13.6 Å². The summed E-state index contributed by atoms with van der Waals surface area (Å²) in [6.45, 7) is 0. The normalized spacial score (nSPS) is 11.0. The molecule has 0 unspecified atom stereocenters. The molecule has 1 heterocycles. The fraction of sp³-hybridized carbons (Fsp3) is 0.0455. The first-order valence-electron chi connectivity index (χ1n) is 8.43. The average molecular weight is 398 g/mol. The summed E-state index contributed by atoms with van der Waals surface area (Å²) in [7, 11) is 1.31. The molecule has 140 valence electrons. The molecule has 1 aromatic heterocycles. The second-order valence-electron chi connectivity index (χ2n) is 6.27. The van der Waals surface area contributed by atoms with Crippen LogP contribution in [-0.4, -0.2) is 18.1 Å². The Hall–Kier alpha value is -3.18. The van der Waals surface area contributed by atoms with Gasteiger partial charge in [0, 0.05) is 21.5 Å². The third-order valence-corrected chi connectivity index (χ3v) is 4.87. The van der Waals surface area contributed by atoms with E-state index in [0.29, 0.717) is 16.3 Å². The molecule has 0 aliphatic rings. The van der Waals surface area contributed by atoms with E-state index in [0.717, 1.165) is 22.0 Å². The summed E-state index contributed by atoms with van der Waals surface area (Å²) in [4.78, 5) is 14.7. The highest BCUT2D eigenvalue weighted by Gasteiger charge is 2.15. The van der Waals surface area contributed by atoms with Crippen molar-refractivity contribution in [3.8, 4) is 22.4 Å². The molecule has 1 N–H and O–H groups in total. The maximum absolute atomic E-state index is 14.1. The number of rotatable bonds is 3. The van der Waals surface area contributed by atoms with Gasteiger partial charge >= 0.3 is 5.97 Å². The van der Waals surface area contributed by atoms with Crippen LogP contribution in [-0.2, 0) is 4.74 Å². The first kappa shape index (κ1) is 18.2. The molecule has 28 heavy (non-hydrogen) atoms. The van der Waals surface area contributed by atoms with Crippen molar-refractivity contribution in [2.75, 3.05) is 7.11 Å². The number of ether oxygens (including phenoxy) is 1. The molecular weight excluding hydrogens is 384 g/mol. The van der Waals surface area contributed by atoms with E-state index in [-0.39, 0.29) is 5.56 Å². The van der Waals surface area contributed by atoms with Crippen LogP contribution in [0, 0.1) is 11.6 Å². The summed E-state index contributed by atoms with van der Waals surface area (Å²) in [6.07, 6.45) is 0. The van der Waals surface area contributed by atoms with Gasteiger partial charge < -0.3 is 9.72 Å². The van der Waals surface area contributed by atoms with Gasteiger partial charge in [-0.3, -0.25) is 0 Å². The molecule has 3 nitrogen and oxygen atoms in total. The van der Waals surface area contributed by atoms with Crippen LogP contribution in [0.3, 0.4) is 0 Å². The minimum absolute atomic E-state index is 0.0966. The average Bonchev–Trinajstić information content (AvgIpc) is 3.09. The van der Waals surface area contributed by atoms with Crippen molar-refractivity contribution in [2.45, 2.75) is 0 Å². The minimum atomic E-state index is -0.631. The smallest absolute Gasteiger partial charge is 0.337 e. The van der Waals surface area contributed by atoms with Crippen LogP contribution in [0.1, 0.15) is 10.4 Å². The van der Waals surface area contributed by atoms with Crippen molar-refractivity contribution in [1.29, 1.82) is 0 Å². The second-order valence-corrected chi connectivity index (χ2v) is 6.68. The summed E-state index contributed by atoms with van der Waals surface area (Å²) in [5.74, 6) is -1.73. The molecule has 4 aromatic rings. The molecule has 3 aromatic carbocycles. The second kappa shape index (κ2) is 7.09. The highest BCUT2D eigenvalue weighted by atomic mass is 35.5. The number of hydrogen-bond acceptors (Lipinski definition) is 2. The number of methoxy groups -OCH3 is 1. The van der Waals surface area contributed by atoms with E-state index in [1.165, 1.54) is 25.3 Å². The number of esters is 1.